The molecule has 3 N–H and O–H groups in total. The maximum absolute atomic E-state index is 13.7. The molecular formula is C31H27N7OS. The van der Waals surface area contributed by atoms with Gasteiger partial charge in [0.2, 0.25) is 5.82 Å². The molecule has 0 aliphatic carbocycles. The predicted molar refractivity (Wildman–Crippen MR) is 160 cm³/mol. The first kappa shape index (κ1) is 25.3. The van der Waals surface area contributed by atoms with Crippen LogP contribution in [0.15, 0.2) is 113 Å². The molecule has 0 aliphatic rings. The summed E-state index contributed by atoms with van der Waals surface area (Å²) in [7, 11) is 0. The number of benzene rings is 3. The molecule has 6 aromatic rings. The summed E-state index contributed by atoms with van der Waals surface area (Å²) in [6.45, 7) is 1.58. The lowest BCUT2D eigenvalue weighted by molar-refractivity contribution is 0.770. The van der Waals surface area contributed by atoms with E-state index in [0.717, 1.165) is 38.4 Å². The molecule has 0 fully saturated rings. The van der Waals surface area contributed by atoms with Gasteiger partial charge in [-0.2, -0.15) is 5.21 Å². The number of rotatable bonds is 10. The van der Waals surface area contributed by atoms with E-state index in [1.165, 1.54) is 0 Å². The fraction of sp³-hybridized carbons (Fsp3) is 0.0968. The Morgan fingerprint density at radius 3 is 2.35 bits per heavy atom. The number of nitrogens with one attached hydrogen (secondary N) is 3. The van der Waals surface area contributed by atoms with Crippen LogP contribution in [0.1, 0.15) is 16.0 Å². The normalized spacial score (nSPS) is 10.9. The zero-order valence-corrected chi connectivity index (χ0v) is 22.4. The first-order valence-electron chi connectivity index (χ1n) is 12.9. The van der Waals surface area contributed by atoms with E-state index in [0.29, 0.717) is 31.1 Å². The molecule has 0 bridgehead atoms. The monoisotopic (exact) mass is 545 g/mol. The Labute approximate surface area is 235 Å². The van der Waals surface area contributed by atoms with Crippen molar-refractivity contribution in [3.8, 4) is 22.5 Å². The Morgan fingerprint density at radius 2 is 1.60 bits per heavy atom. The summed E-state index contributed by atoms with van der Waals surface area (Å²) in [6.07, 6.45) is 1.85. The zero-order chi connectivity index (χ0) is 27.1. The number of hydrogen-bond donors (Lipinski definition) is 3. The lowest BCUT2D eigenvalue weighted by Crippen LogP contribution is -2.25. The summed E-state index contributed by atoms with van der Waals surface area (Å²) in [5.74, 6) is 0.518. The number of hydrogen-bond acceptors (Lipinski definition) is 7. The number of H-pyrrole nitrogens is 1. The SMILES string of the molecule is O=c1c(NCc2ccc(-c3ccccc3)c(-c3nn[nH]n3)c2)c(NCc2ccccc2)ccn1Cc1cccs1. The molecule has 0 saturated heterocycles. The fourth-order valence-corrected chi connectivity index (χ4v) is 5.31. The van der Waals surface area contributed by atoms with Crippen molar-refractivity contribution < 1.29 is 0 Å². The van der Waals surface area contributed by atoms with Crippen molar-refractivity contribution >= 4 is 22.7 Å². The third-order valence-electron chi connectivity index (χ3n) is 6.62. The van der Waals surface area contributed by atoms with Gasteiger partial charge in [0.05, 0.1) is 12.2 Å². The molecule has 0 radical (unpaired) electrons. The van der Waals surface area contributed by atoms with E-state index in [4.69, 9.17) is 0 Å². The third-order valence-corrected chi connectivity index (χ3v) is 7.48. The molecular weight excluding hydrogens is 518 g/mol. The number of anilines is 2. The van der Waals surface area contributed by atoms with Crippen molar-refractivity contribution in [1.82, 2.24) is 25.2 Å². The number of aromatic nitrogens is 5. The predicted octanol–water partition coefficient (Wildman–Crippen LogP) is 6.03. The lowest BCUT2D eigenvalue weighted by Gasteiger charge is -2.17. The zero-order valence-electron chi connectivity index (χ0n) is 21.6. The summed E-state index contributed by atoms with van der Waals surface area (Å²) in [5, 5.41) is 23.7. The second-order valence-electron chi connectivity index (χ2n) is 9.29. The maximum Gasteiger partial charge on any atom is 0.276 e. The Morgan fingerprint density at radius 1 is 0.800 bits per heavy atom. The molecule has 9 heteroatoms. The van der Waals surface area contributed by atoms with Gasteiger partial charge < -0.3 is 15.2 Å². The molecule has 40 heavy (non-hydrogen) atoms. The van der Waals surface area contributed by atoms with Crippen LogP contribution in [0, 0.1) is 0 Å². The maximum atomic E-state index is 13.7. The molecule has 198 valence electrons. The molecule has 3 aromatic heterocycles. The third kappa shape index (κ3) is 5.69. The standard InChI is InChI=1S/C31H27N7OS/c39-31-29(28(32-19-22-8-3-1-4-9-22)15-16-38(31)21-25-12-7-17-40-25)33-20-23-13-14-26(24-10-5-2-6-11-24)27(18-23)30-34-36-37-35-30/h1-18,32-33H,19-21H2,(H,34,35,36,37). The summed E-state index contributed by atoms with van der Waals surface area (Å²) >= 11 is 1.64. The van der Waals surface area contributed by atoms with Crippen LogP contribution in [0.5, 0.6) is 0 Å². The van der Waals surface area contributed by atoms with Crippen molar-refractivity contribution in [3.63, 3.8) is 0 Å². The van der Waals surface area contributed by atoms with Crippen LogP contribution < -0.4 is 16.2 Å². The molecule has 0 saturated carbocycles. The van der Waals surface area contributed by atoms with Gasteiger partial charge in [-0.25, -0.2) is 0 Å². The van der Waals surface area contributed by atoms with Gasteiger partial charge >= 0.3 is 0 Å². The van der Waals surface area contributed by atoms with E-state index in [1.54, 1.807) is 15.9 Å². The van der Waals surface area contributed by atoms with Crippen molar-refractivity contribution in [2.24, 2.45) is 0 Å². The summed E-state index contributed by atoms with van der Waals surface area (Å²) < 4.78 is 1.74. The highest BCUT2D eigenvalue weighted by atomic mass is 32.1. The Hall–Kier alpha value is -5.02. The fourth-order valence-electron chi connectivity index (χ4n) is 4.60. The first-order chi connectivity index (χ1) is 19.7. The Kier molecular flexibility index (Phi) is 7.45. The van der Waals surface area contributed by atoms with E-state index in [-0.39, 0.29) is 5.56 Å². The number of tetrazole rings is 1. The highest BCUT2D eigenvalue weighted by Crippen LogP contribution is 2.31. The van der Waals surface area contributed by atoms with Crippen molar-refractivity contribution in [2.45, 2.75) is 19.6 Å². The second kappa shape index (κ2) is 11.8. The molecule has 6 rings (SSSR count). The molecule has 0 unspecified atom stereocenters. The van der Waals surface area contributed by atoms with Gasteiger partial charge in [-0.3, -0.25) is 4.79 Å². The topological polar surface area (TPSA) is 101 Å². The Balaban J connectivity index is 1.31. The quantitative estimate of drug-likeness (QED) is 0.194. The van der Waals surface area contributed by atoms with Gasteiger partial charge in [0.25, 0.3) is 5.56 Å². The minimum Gasteiger partial charge on any atom is -0.379 e. The van der Waals surface area contributed by atoms with E-state index >= 15 is 0 Å². The van der Waals surface area contributed by atoms with Crippen LogP contribution in [0.3, 0.4) is 0 Å². The van der Waals surface area contributed by atoms with Crippen LogP contribution in [0.4, 0.5) is 11.4 Å². The smallest absolute Gasteiger partial charge is 0.276 e. The number of aromatic amines is 1. The van der Waals surface area contributed by atoms with Crippen molar-refractivity contribution in [2.75, 3.05) is 10.6 Å². The average Bonchev–Trinajstić information content (AvgIpc) is 3.73. The van der Waals surface area contributed by atoms with Gasteiger partial charge in [0.15, 0.2) is 0 Å². The van der Waals surface area contributed by atoms with E-state index < -0.39 is 0 Å². The number of nitrogens with zero attached hydrogens (tertiary/aromatic N) is 4. The van der Waals surface area contributed by atoms with E-state index in [2.05, 4.69) is 67.7 Å². The van der Waals surface area contributed by atoms with Crippen molar-refractivity contribution in [1.29, 1.82) is 0 Å². The number of thiophene rings is 1. The average molecular weight is 546 g/mol. The van der Waals surface area contributed by atoms with E-state index in [1.807, 2.05) is 72.2 Å². The van der Waals surface area contributed by atoms with Crippen molar-refractivity contribution in [3.05, 3.63) is 135 Å². The van der Waals surface area contributed by atoms with Crippen LogP contribution in [0.2, 0.25) is 0 Å². The highest BCUT2D eigenvalue weighted by Gasteiger charge is 2.15. The minimum absolute atomic E-state index is 0.0780. The lowest BCUT2D eigenvalue weighted by atomic mass is 9.97. The number of pyridine rings is 1. The van der Waals surface area contributed by atoms with Gasteiger partial charge in [0, 0.05) is 29.7 Å². The van der Waals surface area contributed by atoms with Gasteiger partial charge in [-0.05, 0) is 51.0 Å². The summed E-state index contributed by atoms with van der Waals surface area (Å²) in [4.78, 5) is 14.8. The molecule has 3 aromatic carbocycles. The molecule has 0 atom stereocenters. The Bertz CT molecular complexity index is 1730. The first-order valence-corrected chi connectivity index (χ1v) is 13.8. The largest absolute Gasteiger partial charge is 0.379 e. The van der Waals surface area contributed by atoms with Gasteiger partial charge in [-0.15, -0.1) is 21.5 Å². The molecule has 0 amide bonds. The minimum atomic E-state index is -0.0780. The summed E-state index contributed by atoms with van der Waals surface area (Å²) in [5.41, 5.74) is 6.27. The van der Waals surface area contributed by atoms with Crippen LogP contribution in [-0.4, -0.2) is 25.2 Å². The molecule has 0 spiro atoms. The van der Waals surface area contributed by atoms with Crippen LogP contribution >= 0.6 is 11.3 Å². The van der Waals surface area contributed by atoms with Gasteiger partial charge in [0.1, 0.15) is 5.69 Å². The second-order valence-corrected chi connectivity index (χ2v) is 10.3. The van der Waals surface area contributed by atoms with Gasteiger partial charge in [-0.1, -0.05) is 78.9 Å². The van der Waals surface area contributed by atoms with E-state index in [9.17, 15) is 4.79 Å². The van der Waals surface area contributed by atoms with Crippen LogP contribution in [0.25, 0.3) is 22.5 Å². The summed E-state index contributed by atoms with van der Waals surface area (Å²) in [6, 6.07) is 32.4. The highest BCUT2D eigenvalue weighted by molar-refractivity contribution is 7.09. The molecule has 8 nitrogen and oxygen atoms in total. The molecule has 3 heterocycles. The molecule has 0 aliphatic heterocycles. The van der Waals surface area contributed by atoms with Crippen LogP contribution in [-0.2, 0) is 19.6 Å².